The van der Waals surface area contributed by atoms with E-state index in [0.29, 0.717) is 50.4 Å². The lowest BCUT2D eigenvalue weighted by molar-refractivity contribution is -0.117. The van der Waals surface area contributed by atoms with Gasteiger partial charge >= 0.3 is 0 Å². The highest BCUT2D eigenvalue weighted by Gasteiger charge is 2.53. The summed E-state index contributed by atoms with van der Waals surface area (Å²) in [6.07, 6.45) is 6.50. The zero-order valence-corrected chi connectivity index (χ0v) is 20.5. The van der Waals surface area contributed by atoms with Gasteiger partial charge in [0.05, 0.1) is 25.4 Å². The van der Waals surface area contributed by atoms with Gasteiger partial charge in [-0.1, -0.05) is 6.92 Å². The van der Waals surface area contributed by atoms with Crippen molar-refractivity contribution in [1.82, 2.24) is 15.2 Å². The Hall–Kier alpha value is -2.42. The molecule has 2 aliphatic heterocycles. The molecule has 3 N–H and O–H groups in total. The number of hydrogen-bond donors (Lipinski definition) is 2. The van der Waals surface area contributed by atoms with Gasteiger partial charge in [-0.25, -0.2) is 4.98 Å². The summed E-state index contributed by atoms with van der Waals surface area (Å²) in [6.45, 7) is 13.9. The Balaban J connectivity index is 1.91. The van der Waals surface area contributed by atoms with Gasteiger partial charge in [0, 0.05) is 36.0 Å². The van der Waals surface area contributed by atoms with Gasteiger partial charge in [0.2, 0.25) is 11.8 Å². The maximum absolute atomic E-state index is 12.7. The number of allylic oxidation sites excluding steroid dienone is 2. The second-order valence-electron chi connectivity index (χ2n) is 9.38. The second-order valence-corrected chi connectivity index (χ2v) is 9.38. The van der Waals surface area contributed by atoms with Gasteiger partial charge in [-0.05, 0) is 64.5 Å². The molecule has 2 atom stereocenters. The van der Waals surface area contributed by atoms with Crippen molar-refractivity contribution in [2.24, 2.45) is 11.7 Å². The first kappa shape index (κ1) is 25.2. The van der Waals surface area contributed by atoms with Crippen LogP contribution in [0, 0.1) is 12.8 Å². The summed E-state index contributed by atoms with van der Waals surface area (Å²) in [5.74, 6) is 0.510. The lowest BCUT2D eigenvalue weighted by atomic mass is 9.84. The molecule has 0 radical (unpaired) electrons. The van der Waals surface area contributed by atoms with Crippen LogP contribution in [0.4, 0.5) is 0 Å². The normalized spacial score (nSPS) is 24.4. The van der Waals surface area contributed by atoms with Crippen LogP contribution in [0.1, 0.15) is 45.4 Å². The van der Waals surface area contributed by atoms with Crippen LogP contribution in [0.25, 0.3) is 0 Å². The van der Waals surface area contributed by atoms with Crippen LogP contribution in [0.15, 0.2) is 36.1 Å². The molecule has 3 rings (SSSR count). The number of pyridine rings is 1. The molecule has 1 aromatic heterocycles. The quantitative estimate of drug-likeness (QED) is 0.492. The van der Waals surface area contributed by atoms with Gasteiger partial charge in [0.15, 0.2) is 0 Å². The standard InChI is InChI=1S/C25H38N4O4/c1-6-31-10-11-32-12-13-33-22-15-20(14-19(3)28-22)25(21(23(26)30)8-7-9-27-25)29-17-18(2)16-24(29,4)5/h7-9,14-15,18,27H,6,10-13,16-17H2,1-5H3,(H2,26,30)/t18-,25?/m0/s1. The number of primary amides is 1. The first-order valence-electron chi connectivity index (χ1n) is 11.7. The predicted molar refractivity (Wildman–Crippen MR) is 128 cm³/mol. The zero-order chi connectivity index (χ0) is 24.1. The third-order valence-electron chi connectivity index (χ3n) is 6.19. The SMILES string of the molecule is CCOCCOCCOc1cc(C2(N3C[C@@H](C)CC3(C)C)NC=CC=C2C(N)=O)cc(C)n1. The van der Waals surface area contributed by atoms with E-state index in [0.717, 1.165) is 24.2 Å². The van der Waals surface area contributed by atoms with Gasteiger partial charge in [-0.15, -0.1) is 0 Å². The third-order valence-corrected chi connectivity index (χ3v) is 6.19. The minimum absolute atomic E-state index is 0.154. The molecule has 1 aromatic rings. The summed E-state index contributed by atoms with van der Waals surface area (Å²) in [5.41, 5.74) is 7.02. The fourth-order valence-corrected chi connectivity index (χ4v) is 5.06. The molecule has 1 fully saturated rings. The van der Waals surface area contributed by atoms with Crippen LogP contribution in [-0.4, -0.2) is 60.9 Å². The van der Waals surface area contributed by atoms with Gasteiger partial charge in [-0.2, -0.15) is 0 Å². The number of dihydropyridines is 1. The van der Waals surface area contributed by atoms with E-state index in [1.165, 1.54) is 0 Å². The highest BCUT2D eigenvalue weighted by atomic mass is 16.5. The fraction of sp³-hybridized carbons (Fsp3) is 0.600. The first-order chi connectivity index (χ1) is 15.7. The van der Waals surface area contributed by atoms with Gasteiger partial charge in [0.1, 0.15) is 12.3 Å². The molecule has 1 amide bonds. The van der Waals surface area contributed by atoms with Crippen molar-refractivity contribution >= 4 is 5.91 Å². The second kappa shape index (κ2) is 10.7. The van der Waals surface area contributed by atoms with Crippen molar-refractivity contribution in [3.8, 4) is 5.88 Å². The van der Waals surface area contributed by atoms with Crippen LogP contribution in [0.5, 0.6) is 5.88 Å². The minimum Gasteiger partial charge on any atom is -0.475 e. The molecule has 3 heterocycles. The summed E-state index contributed by atoms with van der Waals surface area (Å²) in [4.78, 5) is 19.6. The Labute approximate surface area is 197 Å². The molecular formula is C25H38N4O4. The van der Waals surface area contributed by atoms with Crippen molar-refractivity contribution in [3.05, 3.63) is 47.3 Å². The molecular weight excluding hydrogens is 420 g/mol. The van der Waals surface area contributed by atoms with Crippen LogP contribution in [0.2, 0.25) is 0 Å². The van der Waals surface area contributed by atoms with Crippen LogP contribution >= 0.6 is 0 Å². The average Bonchev–Trinajstić information content (AvgIpc) is 3.04. The molecule has 8 heteroatoms. The number of aryl methyl sites for hydroxylation is 1. The molecule has 1 unspecified atom stereocenters. The Morgan fingerprint density at radius 2 is 1.97 bits per heavy atom. The topological polar surface area (TPSA) is 98.9 Å². The van der Waals surface area contributed by atoms with E-state index in [-0.39, 0.29) is 5.54 Å². The van der Waals surface area contributed by atoms with E-state index in [1.807, 2.05) is 38.3 Å². The number of aromatic nitrogens is 1. The average molecular weight is 459 g/mol. The molecule has 0 aliphatic carbocycles. The van der Waals surface area contributed by atoms with E-state index >= 15 is 0 Å². The third kappa shape index (κ3) is 5.57. The number of nitrogens with two attached hydrogens (primary N) is 1. The maximum atomic E-state index is 12.7. The Morgan fingerprint density at radius 1 is 1.24 bits per heavy atom. The summed E-state index contributed by atoms with van der Waals surface area (Å²) in [6, 6.07) is 3.89. The molecule has 0 saturated carbocycles. The predicted octanol–water partition coefficient (Wildman–Crippen LogP) is 2.62. The fourth-order valence-electron chi connectivity index (χ4n) is 5.06. The number of carbonyl (C=O) groups is 1. The van der Waals surface area contributed by atoms with Crippen molar-refractivity contribution in [3.63, 3.8) is 0 Å². The summed E-state index contributed by atoms with van der Waals surface area (Å²) >= 11 is 0. The highest BCUT2D eigenvalue weighted by Crippen LogP contribution is 2.46. The first-order valence-corrected chi connectivity index (χ1v) is 11.7. The van der Waals surface area contributed by atoms with E-state index in [1.54, 1.807) is 6.08 Å². The number of rotatable bonds is 11. The summed E-state index contributed by atoms with van der Waals surface area (Å²) in [5, 5.41) is 3.50. The number of ether oxygens (including phenoxy) is 3. The summed E-state index contributed by atoms with van der Waals surface area (Å²) < 4.78 is 16.7. The zero-order valence-electron chi connectivity index (χ0n) is 20.5. The Bertz CT molecular complexity index is 898. The van der Waals surface area contributed by atoms with E-state index in [4.69, 9.17) is 19.9 Å². The van der Waals surface area contributed by atoms with E-state index < -0.39 is 11.6 Å². The van der Waals surface area contributed by atoms with Crippen LogP contribution in [-0.2, 0) is 19.9 Å². The number of nitrogens with zero attached hydrogens (tertiary/aromatic N) is 2. The van der Waals surface area contributed by atoms with Gasteiger partial charge in [0.25, 0.3) is 0 Å². The lowest BCUT2D eigenvalue weighted by Gasteiger charge is -2.50. The van der Waals surface area contributed by atoms with Crippen LogP contribution in [0.3, 0.4) is 0 Å². The summed E-state index contributed by atoms with van der Waals surface area (Å²) in [7, 11) is 0. The number of amides is 1. The largest absolute Gasteiger partial charge is 0.475 e. The van der Waals surface area contributed by atoms with Crippen molar-refractivity contribution < 1.29 is 19.0 Å². The van der Waals surface area contributed by atoms with Crippen molar-refractivity contribution in [2.45, 2.75) is 52.2 Å². The Kier molecular flexibility index (Phi) is 8.15. The van der Waals surface area contributed by atoms with E-state index in [2.05, 4.69) is 36.0 Å². The molecule has 182 valence electrons. The van der Waals surface area contributed by atoms with Gasteiger partial charge < -0.3 is 25.3 Å². The van der Waals surface area contributed by atoms with Gasteiger partial charge in [-0.3, -0.25) is 9.69 Å². The van der Waals surface area contributed by atoms with E-state index in [9.17, 15) is 4.79 Å². The smallest absolute Gasteiger partial charge is 0.248 e. The molecule has 1 saturated heterocycles. The molecule has 8 nitrogen and oxygen atoms in total. The maximum Gasteiger partial charge on any atom is 0.248 e. The highest BCUT2D eigenvalue weighted by molar-refractivity contribution is 5.95. The van der Waals surface area contributed by atoms with Crippen LogP contribution < -0.4 is 15.8 Å². The molecule has 0 aromatic carbocycles. The molecule has 33 heavy (non-hydrogen) atoms. The number of hydrogen-bond acceptors (Lipinski definition) is 7. The molecule has 0 spiro atoms. The lowest BCUT2D eigenvalue weighted by Crippen LogP contribution is -2.62. The molecule has 0 bridgehead atoms. The number of nitrogens with one attached hydrogen (secondary N) is 1. The Morgan fingerprint density at radius 3 is 2.64 bits per heavy atom. The van der Waals surface area contributed by atoms with Crippen molar-refractivity contribution in [2.75, 3.05) is 39.6 Å². The number of carbonyl (C=O) groups excluding carboxylic acids is 1. The minimum atomic E-state index is -0.908. The monoisotopic (exact) mass is 458 g/mol. The van der Waals surface area contributed by atoms with Crippen molar-refractivity contribution in [1.29, 1.82) is 0 Å². The number of likely N-dealkylation sites (tertiary alicyclic amines) is 1. The molecule has 2 aliphatic rings.